The Bertz CT molecular complexity index is 551. The predicted octanol–water partition coefficient (Wildman–Crippen LogP) is 3.80. The molecule has 6 heteroatoms. The lowest BCUT2D eigenvalue weighted by Crippen LogP contribution is -1.84. The van der Waals surface area contributed by atoms with Gasteiger partial charge in [-0.05, 0) is 42.3 Å². The van der Waals surface area contributed by atoms with Crippen molar-refractivity contribution in [1.82, 2.24) is 0 Å². The molecule has 2 aromatic carbocycles. The fourth-order valence-electron chi connectivity index (χ4n) is 1.94. The van der Waals surface area contributed by atoms with Gasteiger partial charge in [-0.2, -0.15) is 0 Å². The van der Waals surface area contributed by atoms with Gasteiger partial charge in [0.05, 0.1) is 19.6 Å². The van der Waals surface area contributed by atoms with E-state index in [1.807, 2.05) is 0 Å². The topological polar surface area (TPSA) is 34.1 Å². The van der Waals surface area contributed by atoms with Crippen LogP contribution in [-0.4, -0.2) is 23.0 Å². The lowest BCUT2D eigenvalue weighted by atomic mass is 10.3. The monoisotopic (exact) mass is 344 g/mol. The van der Waals surface area contributed by atoms with Crippen molar-refractivity contribution in [2.45, 2.75) is 45.3 Å². The number of rotatable bonds is 0. The molecule has 0 bridgehead atoms. The van der Waals surface area contributed by atoms with Gasteiger partial charge in [-0.3, -0.25) is 9.59 Å². The van der Waals surface area contributed by atoms with Gasteiger partial charge in [-0.15, -0.1) is 47.0 Å². The normalized spacial score (nSPS) is 20.0. The third kappa shape index (κ3) is 3.70. The minimum atomic E-state index is 0.287. The summed E-state index contributed by atoms with van der Waals surface area (Å²) in [5, 5.41) is 0. The predicted molar refractivity (Wildman–Crippen MR) is 91.5 cm³/mol. The number of hydrogen-bond acceptors (Lipinski definition) is 6. The third-order valence-electron chi connectivity index (χ3n) is 3.18. The Morgan fingerprint density at radius 1 is 0.500 bits per heavy atom. The molecule has 0 saturated heterocycles. The second-order valence-corrected chi connectivity index (χ2v) is 9.20. The Balaban J connectivity index is 1.52. The third-order valence-corrected chi connectivity index (χ3v) is 8.12. The van der Waals surface area contributed by atoms with E-state index >= 15 is 0 Å². The van der Waals surface area contributed by atoms with E-state index in [-0.39, 0.29) is 10.9 Å². The zero-order valence-corrected chi connectivity index (χ0v) is 14.4. The molecule has 0 spiro atoms. The molecule has 0 saturated carbocycles. The van der Waals surface area contributed by atoms with Gasteiger partial charge < -0.3 is 0 Å². The van der Waals surface area contributed by atoms with Gasteiger partial charge in [-0.25, -0.2) is 0 Å². The second kappa shape index (κ2) is 6.99. The van der Waals surface area contributed by atoms with Gasteiger partial charge >= 0.3 is 0 Å². The minimum absolute atomic E-state index is 0.287. The van der Waals surface area contributed by atoms with Gasteiger partial charge in [-0.1, -0.05) is 6.42 Å². The van der Waals surface area contributed by atoms with Gasteiger partial charge in [0.2, 0.25) is 10.9 Å². The Morgan fingerprint density at radius 3 is 1.25 bits per heavy atom. The minimum Gasteiger partial charge on any atom is -0.287 e. The van der Waals surface area contributed by atoms with E-state index in [9.17, 15) is 9.59 Å². The van der Waals surface area contributed by atoms with Crippen LogP contribution < -0.4 is 10.9 Å². The van der Waals surface area contributed by atoms with E-state index in [1.165, 1.54) is 6.42 Å². The Morgan fingerprint density at radius 2 is 0.850 bits per heavy atom. The summed E-state index contributed by atoms with van der Waals surface area (Å²) in [6.07, 6.45) is 4.57. The summed E-state index contributed by atoms with van der Waals surface area (Å²) in [6, 6.07) is 0. The zero-order valence-electron chi connectivity index (χ0n) is 11.1. The summed E-state index contributed by atoms with van der Waals surface area (Å²) >= 11 is 6.87. The molecule has 2 aromatic rings. The molecular weight excluding hydrogens is 328 g/mol. The first-order valence-electron chi connectivity index (χ1n) is 6.88. The second-order valence-electron chi connectivity index (χ2n) is 4.78. The van der Waals surface area contributed by atoms with E-state index < -0.39 is 0 Å². The van der Waals surface area contributed by atoms with Crippen molar-refractivity contribution in [3.63, 3.8) is 0 Å². The van der Waals surface area contributed by atoms with Crippen molar-refractivity contribution in [3.8, 4) is 0 Å². The number of hydrogen-bond donors (Lipinski definition) is 0. The highest BCUT2D eigenvalue weighted by Gasteiger charge is 2.24. The van der Waals surface area contributed by atoms with Crippen LogP contribution in [0.1, 0.15) is 25.7 Å². The lowest BCUT2D eigenvalue weighted by molar-refractivity contribution is 0.786. The van der Waals surface area contributed by atoms with E-state index in [1.54, 1.807) is 47.0 Å². The summed E-state index contributed by atoms with van der Waals surface area (Å²) < 4.78 is 0. The molecule has 0 amide bonds. The van der Waals surface area contributed by atoms with Gasteiger partial charge in [0.15, 0.2) is 0 Å². The molecule has 0 fully saturated rings. The number of thioether (sulfide) groups is 4. The van der Waals surface area contributed by atoms with Crippen LogP contribution in [0.5, 0.6) is 0 Å². The maximum atomic E-state index is 11.6. The maximum Gasteiger partial charge on any atom is 0.208 e. The van der Waals surface area contributed by atoms with Crippen LogP contribution in [0.4, 0.5) is 0 Å². The van der Waals surface area contributed by atoms with E-state index in [0.717, 1.165) is 61.9 Å². The quantitative estimate of drug-likeness (QED) is 0.723. The highest BCUT2D eigenvalue weighted by Crippen LogP contribution is 2.37. The van der Waals surface area contributed by atoms with Gasteiger partial charge in [0.1, 0.15) is 0 Å². The first-order valence-corrected chi connectivity index (χ1v) is 10.8. The van der Waals surface area contributed by atoms with Crippen molar-refractivity contribution in [2.24, 2.45) is 0 Å². The van der Waals surface area contributed by atoms with E-state index in [0.29, 0.717) is 0 Å². The smallest absolute Gasteiger partial charge is 0.208 e. The molecule has 20 heavy (non-hydrogen) atoms. The molecule has 0 atom stereocenters. The Kier molecular flexibility index (Phi) is 5.28. The lowest BCUT2D eigenvalue weighted by Gasteiger charge is -1.99. The average Bonchev–Trinajstić information content (AvgIpc) is 3.26. The summed E-state index contributed by atoms with van der Waals surface area (Å²) in [5.41, 5.74) is 0.574. The molecule has 108 valence electrons. The van der Waals surface area contributed by atoms with E-state index in [2.05, 4.69) is 0 Å². The molecule has 0 unspecified atom stereocenters. The van der Waals surface area contributed by atoms with Gasteiger partial charge in [0, 0.05) is 0 Å². The fourth-order valence-corrected chi connectivity index (χ4v) is 6.67. The highest BCUT2D eigenvalue weighted by atomic mass is 32.2. The summed E-state index contributed by atoms with van der Waals surface area (Å²) in [4.78, 5) is 27.2. The molecule has 0 N–H and O–H groups in total. The SMILES string of the molecule is O=c1c2c1SCCCSc1c(c1=O)SCCCCCS2. The zero-order chi connectivity index (χ0) is 13.9. The molecular formula is C14H16O2S4. The fraction of sp³-hybridized carbons (Fsp3) is 0.571. The summed E-state index contributed by atoms with van der Waals surface area (Å²) in [5.74, 6) is 4.08. The first kappa shape index (κ1) is 15.1. The Hall–Kier alpha value is 0.220. The van der Waals surface area contributed by atoms with Crippen molar-refractivity contribution in [3.05, 3.63) is 20.4 Å². The highest BCUT2D eigenvalue weighted by molar-refractivity contribution is 8.03. The van der Waals surface area contributed by atoms with Crippen LogP contribution >= 0.6 is 47.0 Å². The van der Waals surface area contributed by atoms with Crippen LogP contribution in [0.3, 0.4) is 0 Å². The van der Waals surface area contributed by atoms with Crippen molar-refractivity contribution in [1.29, 1.82) is 0 Å². The summed E-state index contributed by atoms with van der Waals surface area (Å²) in [7, 11) is 0. The molecule has 2 nitrogen and oxygen atoms in total. The molecule has 0 radical (unpaired) electrons. The van der Waals surface area contributed by atoms with Crippen molar-refractivity contribution in [2.75, 3.05) is 23.0 Å². The summed E-state index contributed by atoms with van der Waals surface area (Å²) in [6.45, 7) is 0. The van der Waals surface area contributed by atoms with Crippen molar-refractivity contribution >= 4 is 47.0 Å². The van der Waals surface area contributed by atoms with Gasteiger partial charge in [0.25, 0.3) is 0 Å². The van der Waals surface area contributed by atoms with Crippen LogP contribution in [0.2, 0.25) is 0 Å². The molecule has 0 aromatic heterocycles. The van der Waals surface area contributed by atoms with Crippen LogP contribution in [-0.2, 0) is 0 Å². The maximum absolute atomic E-state index is 11.6. The standard InChI is InChI=1S/C14H16O2S4/c15-9-11-13(9)19-7-4-8-20-14-10(16)12(14)18-6-3-1-2-5-17-11/h1-8H2. The molecule has 1 heterocycles. The van der Waals surface area contributed by atoms with Crippen LogP contribution in [0.15, 0.2) is 29.2 Å². The molecule has 0 aliphatic carbocycles. The number of fused-ring (bicyclic) bond motifs is 2. The van der Waals surface area contributed by atoms with Crippen LogP contribution in [0.25, 0.3) is 0 Å². The van der Waals surface area contributed by atoms with Crippen LogP contribution in [0, 0.1) is 0 Å². The molecule has 1 aliphatic rings. The Labute approximate surface area is 135 Å². The van der Waals surface area contributed by atoms with Crippen molar-refractivity contribution < 1.29 is 0 Å². The first-order chi connectivity index (χ1) is 9.79. The molecule has 3 rings (SSSR count). The largest absolute Gasteiger partial charge is 0.287 e. The van der Waals surface area contributed by atoms with E-state index in [4.69, 9.17) is 0 Å². The molecule has 1 aliphatic heterocycles. The average molecular weight is 345 g/mol.